The van der Waals surface area contributed by atoms with Gasteiger partial charge in [-0.05, 0) is 35.7 Å². The molecule has 0 aliphatic carbocycles. The van der Waals surface area contributed by atoms with E-state index in [1.165, 1.54) is 18.3 Å². The van der Waals surface area contributed by atoms with Crippen molar-refractivity contribution in [3.8, 4) is 0 Å². The first kappa shape index (κ1) is 14.8. The number of aromatic nitrogens is 1. The van der Waals surface area contributed by atoms with Gasteiger partial charge in [0.1, 0.15) is 10.0 Å². The molecule has 2 aromatic rings. The minimum absolute atomic E-state index is 0.0328. The molecule has 1 aromatic heterocycles. The molecule has 20 heavy (non-hydrogen) atoms. The second kappa shape index (κ2) is 5.81. The van der Waals surface area contributed by atoms with E-state index in [1.54, 1.807) is 12.1 Å². The van der Waals surface area contributed by atoms with Crippen LogP contribution in [0.5, 0.6) is 0 Å². The lowest BCUT2D eigenvalue weighted by atomic mass is 10.0. The van der Waals surface area contributed by atoms with E-state index in [1.807, 2.05) is 12.1 Å². The van der Waals surface area contributed by atoms with Gasteiger partial charge in [-0.25, -0.2) is 13.4 Å². The Morgan fingerprint density at radius 2 is 1.80 bits per heavy atom. The standard InChI is InChI=1S/C14H15ClN2O2S/c1-10(2)11-5-7-12(8-6-11)17-20(18,19)13-4-3-9-16-14(13)15/h3-10,17H,1-2H3. The fourth-order valence-corrected chi connectivity index (χ4v) is 3.23. The molecule has 2 rings (SSSR count). The maximum Gasteiger partial charge on any atom is 0.264 e. The second-order valence-corrected chi connectivity index (χ2v) is 6.68. The van der Waals surface area contributed by atoms with E-state index in [9.17, 15) is 8.42 Å². The van der Waals surface area contributed by atoms with E-state index < -0.39 is 10.0 Å². The van der Waals surface area contributed by atoms with Crippen molar-refractivity contribution in [3.05, 3.63) is 53.3 Å². The topological polar surface area (TPSA) is 59.1 Å². The van der Waals surface area contributed by atoms with Gasteiger partial charge in [-0.2, -0.15) is 0 Å². The smallest absolute Gasteiger partial charge is 0.264 e. The van der Waals surface area contributed by atoms with Crippen LogP contribution in [-0.2, 0) is 10.0 Å². The summed E-state index contributed by atoms with van der Waals surface area (Å²) in [5.41, 5.74) is 1.64. The Morgan fingerprint density at radius 3 is 2.35 bits per heavy atom. The summed E-state index contributed by atoms with van der Waals surface area (Å²) in [5.74, 6) is 0.397. The highest BCUT2D eigenvalue weighted by Gasteiger charge is 2.18. The molecule has 0 bridgehead atoms. The third-order valence-electron chi connectivity index (χ3n) is 2.84. The quantitative estimate of drug-likeness (QED) is 0.877. The van der Waals surface area contributed by atoms with Gasteiger partial charge in [-0.1, -0.05) is 37.6 Å². The SMILES string of the molecule is CC(C)c1ccc(NS(=O)(=O)c2cccnc2Cl)cc1. The van der Waals surface area contributed by atoms with Gasteiger partial charge in [0.15, 0.2) is 0 Å². The zero-order valence-electron chi connectivity index (χ0n) is 11.2. The lowest BCUT2D eigenvalue weighted by molar-refractivity contribution is 0.601. The first-order valence-corrected chi connectivity index (χ1v) is 7.99. The zero-order chi connectivity index (χ0) is 14.8. The fraction of sp³-hybridized carbons (Fsp3) is 0.214. The van der Waals surface area contributed by atoms with Crippen LogP contribution in [0.1, 0.15) is 25.3 Å². The normalized spacial score (nSPS) is 11.6. The van der Waals surface area contributed by atoms with Crippen LogP contribution in [0.4, 0.5) is 5.69 Å². The lowest BCUT2D eigenvalue weighted by Gasteiger charge is -2.10. The van der Waals surface area contributed by atoms with Gasteiger partial charge < -0.3 is 0 Å². The molecule has 4 nitrogen and oxygen atoms in total. The van der Waals surface area contributed by atoms with Crippen LogP contribution in [-0.4, -0.2) is 13.4 Å². The van der Waals surface area contributed by atoms with E-state index in [0.29, 0.717) is 11.6 Å². The van der Waals surface area contributed by atoms with Crippen LogP contribution in [0.2, 0.25) is 5.15 Å². The monoisotopic (exact) mass is 310 g/mol. The molecule has 106 valence electrons. The molecule has 0 aliphatic rings. The molecule has 0 unspecified atom stereocenters. The molecule has 1 N–H and O–H groups in total. The third kappa shape index (κ3) is 3.29. The van der Waals surface area contributed by atoms with E-state index in [4.69, 9.17) is 11.6 Å². The molecule has 1 heterocycles. The highest BCUT2D eigenvalue weighted by Crippen LogP contribution is 2.23. The van der Waals surface area contributed by atoms with Crippen molar-refractivity contribution in [3.63, 3.8) is 0 Å². The number of hydrogen-bond donors (Lipinski definition) is 1. The molecule has 0 atom stereocenters. The number of rotatable bonds is 4. The minimum atomic E-state index is -3.72. The van der Waals surface area contributed by atoms with Gasteiger partial charge in [0.25, 0.3) is 10.0 Å². The fourth-order valence-electron chi connectivity index (χ4n) is 1.72. The Hall–Kier alpha value is -1.59. The first-order valence-electron chi connectivity index (χ1n) is 6.13. The molecule has 0 spiro atoms. The number of halogens is 1. The Labute approximate surface area is 123 Å². The van der Waals surface area contributed by atoms with Gasteiger partial charge >= 0.3 is 0 Å². The van der Waals surface area contributed by atoms with Crippen LogP contribution in [0, 0.1) is 0 Å². The molecule has 0 aliphatic heterocycles. The average molecular weight is 311 g/mol. The second-order valence-electron chi connectivity index (χ2n) is 4.67. The Bertz CT molecular complexity index is 697. The van der Waals surface area contributed by atoms with Crippen LogP contribution >= 0.6 is 11.6 Å². The number of nitrogens with zero attached hydrogens (tertiary/aromatic N) is 1. The molecule has 0 saturated heterocycles. The summed E-state index contributed by atoms with van der Waals surface area (Å²) in [6.45, 7) is 4.16. The average Bonchev–Trinajstić information content (AvgIpc) is 2.39. The molecule has 0 radical (unpaired) electrons. The zero-order valence-corrected chi connectivity index (χ0v) is 12.7. The molecule has 6 heteroatoms. The Balaban J connectivity index is 2.27. The summed E-state index contributed by atoms with van der Waals surface area (Å²) in [7, 11) is -3.72. The Kier molecular flexibility index (Phi) is 4.30. The van der Waals surface area contributed by atoms with E-state index >= 15 is 0 Å². The number of sulfonamides is 1. The highest BCUT2D eigenvalue weighted by atomic mass is 35.5. The Morgan fingerprint density at radius 1 is 1.15 bits per heavy atom. The van der Waals surface area contributed by atoms with Crippen LogP contribution in [0.25, 0.3) is 0 Å². The van der Waals surface area contributed by atoms with Crippen molar-refractivity contribution in [1.29, 1.82) is 0 Å². The summed E-state index contributed by atoms with van der Waals surface area (Å²) in [4.78, 5) is 3.74. The number of anilines is 1. The van der Waals surface area contributed by atoms with Crippen LogP contribution < -0.4 is 4.72 Å². The predicted octanol–water partition coefficient (Wildman–Crippen LogP) is 3.66. The summed E-state index contributed by atoms with van der Waals surface area (Å²) in [5, 5.41) is -0.0428. The highest BCUT2D eigenvalue weighted by molar-refractivity contribution is 7.92. The van der Waals surface area contributed by atoms with Crippen molar-refractivity contribution in [2.75, 3.05) is 4.72 Å². The van der Waals surface area contributed by atoms with Crippen molar-refractivity contribution < 1.29 is 8.42 Å². The lowest BCUT2D eigenvalue weighted by Crippen LogP contribution is -2.13. The number of hydrogen-bond acceptors (Lipinski definition) is 3. The third-order valence-corrected chi connectivity index (χ3v) is 4.67. The number of benzene rings is 1. The molecule has 0 saturated carbocycles. The number of nitrogens with one attached hydrogen (secondary N) is 1. The van der Waals surface area contributed by atoms with E-state index in [2.05, 4.69) is 23.6 Å². The first-order chi connectivity index (χ1) is 9.40. The van der Waals surface area contributed by atoms with Crippen LogP contribution in [0.15, 0.2) is 47.5 Å². The van der Waals surface area contributed by atoms with Gasteiger partial charge in [0.05, 0.1) is 0 Å². The molecular weight excluding hydrogens is 296 g/mol. The van der Waals surface area contributed by atoms with Crippen molar-refractivity contribution in [2.24, 2.45) is 0 Å². The maximum atomic E-state index is 12.2. The predicted molar refractivity (Wildman–Crippen MR) is 80.6 cm³/mol. The summed E-state index contributed by atoms with van der Waals surface area (Å²) >= 11 is 5.81. The van der Waals surface area contributed by atoms with E-state index in [0.717, 1.165) is 5.56 Å². The van der Waals surface area contributed by atoms with Gasteiger partial charge in [0, 0.05) is 11.9 Å². The largest absolute Gasteiger partial charge is 0.280 e. The van der Waals surface area contributed by atoms with E-state index in [-0.39, 0.29) is 10.0 Å². The van der Waals surface area contributed by atoms with Gasteiger partial charge in [-0.15, -0.1) is 0 Å². The van der Waals surface area contributed by atoms with Crippen molar-refractivity contribution in [1.82, 2.24) is 4.98 Å². The van der Waals surface area contributed by atoms with Crippen molar-refractivity contribution >= 4 is 27.3 Å². The molecule has 0 amide bonds. The molecular formula is C14H15ClN2O2S. The minimum Gasteiger partial charge on any atom is -0.280 e. The number of pyridine rings is 1. The molecule has 0 fully saturated rings. The van der Waals surface area contributed by atoms with Gasteiger partial charge in [-0.3, -0.25) is 4.72 Å². The molecule has 1 aromatic carbocycles. The summed E-state index contributed by atoms with van der Waals surface area (Å²) < 4.78 is 26.9. The van der Waals surface area contributed by atoms with Crippen molar-refractivity contribution in [2.45, 2.75) is 24.7 Å². The summed E-state index contributed by atoms with van der Waals surface area (Å²) in [6, 6.07) is 10.2. The summed E-state index contributed by atoms with van der Waals surface area (Å²) in [6.07, 6.45) is 1.44. The maximum absolute atomic E-state index is 12.2. The van der Waals surface area contributed by atoms with Gasteiger partial charge in [0.2, 0.25) is 0 Å². The van der Waals surface area contributed by atoms with Crippen LogP contribution in [0.3, 0.4) is 0 Å².